The Morgan fingerprint density at radius 2 is 1.67 bits per heavy atom. The normalized spacial score (nSPS) is 25.4. The molecule has 2 unspecified atom stereocenters. The summed E-state index contributed by atoms with van der Waals surface area (Å²) in [4.78, 5) is 29.8. The van der Waals surface area contributed by atoms with Crippen LogP contribution < -0.4 is 10.2 Å². The number of anilines is 1. The maximum atomic E-state index is 15.7. The number of halogens is 2. The fourth-order valence-corrected chi connectivity index (χ4v) is 6.63. The molecule has 1 aliphatic carbocycles. The van der Waals surface area contributed by atoms with Gasteiger partial charge in [-0.15, -0.1) is 0 Å². The third-order valence-electron chi connectivity index (χ3n) is 8.41. The molecule has 7 heteroatoms. The molecule has 186 valence electrons. The molecule has 6 rings (SSSR count). The first-order chi connectivity index (χ1) is 17.3. The molecular weight excluding hydrogens is 460 g/mol. The summed E-state index contributed by atoms with van der Waals surface area (Å²) in [5.41, 5.74) is 1.54. The number of likely N-dealkylation sites (tertiary alicyclic amines) is 1. The third-order valence-corrected chi connectivity index (χ3v) is 8.41. The van der Waals surface area contributed by atoms with Crippen LogP contribution in [0, 0.1) is 0 Å². The second kappa shape index (κ2) is 8.10. The number of piperidine rings is 1. The van der Waals surface area contributed by atoms with Crippen LogP contribution in [0.5, 0.6) is 0 Å². The van der Waals surface area contributed by atoms with Gasteiger partial charge in [0.1, 0.15) is 6.04 Å². The summed E-state index contributed by atoms with van der Waals surface area (Å²) in [5.74, 6) is -3.25. The van der Waals surface area contributed by atoms with Gasteiger partial charge >= 0.3 is 0 Å². The lowest BCUT2D eigenvalue weighted by molar-refractivity contribution is -0.129. The predicted octanol–water partition coefficient (Wildman–Crippen LogP) is 4.89. The van der Waals surface area contributed by atoms with Crippen molar-refractivity contribution in [3.05, 3.63) is 77.4 Å². The summed E-state index contributed by atoms with van der Waals surface area (Å²) in [6, 6.07) is 17.2. The largest absolute Gasteiger partial charge is 0.359 e. The van der Waals surface area contributed by atoms with E-state index in [1.165, 1.54) is 0 Å². The SMILES string of the molecule is CNC(=O)CC1(C)C(=O)N(C2CCN(C3c4cccc5cccc(c45)C3(F)F)CC2)c2ccccc21. The lowest BCUT2D eigenvalue weighted by Gasteiger charge is -2.41. The second-order valence-corrected chi connectivity index (χ2v) is 10.4. The Balaban J connectivity index is 1.27. The minimum atomic E-state index is -2.97. The van der Waals surface area contributed by atoms with Crippen LogP contribution >= 0.6 is 0 Å². The van der Waals surface area contributed by atoms with Crippen molar-refractivity contribution in [2.24, 2.45) is 0 Å². The Hall–Kier alpha value is -3.32. The molecule has 0 aromatic heterocycles. The molecular formula is C29H29F2N3O2. The summed E-state index contributed by atoms with van der Waals surface area (Å²) in [7, 11) is 1.57. The quantitative estimate of drug-likeness (QED) is 0.568. The van der Waals surface area contributed by atoms with Gasteiger partial charge in [0, 0.05) is 43.9 Å². The van der Waals surface area contributed by atoms with Crippen molar-refractivity contribution in [1.82, 2.24) is 10.2 Å². The number of nitrogens with one attached hydrogen (secondary N) is 1. The molecule has 2 amide bonds. The fourth-order valence-electron chi connectivity index (χ4n) is 6.63. The fraction of sp³-hybridized carbons (Fsp3) is 0.379. The summed E-state index contributed by atoms with van der Waals surface area (Å²) >= 11 is 0. The molecule has 2 heterocycles. The standard InChI is InChI=1S/C29H29F2N3O2/c1-28(17-24(35)32-2)21-10-3-4-12-23(21)34(27(28)36)19-13-15-33(16-14-19)26-20-9-5-7-18-8-6-11-22(25(18)20)29(26,30)31/h3-12,19,26H,13-17H2,1-2H3,(H,32,35). The first kappa shape index (κ1) is 23.1. The van der Waals surface area contributed by atoms with Crippen LogP contribution in [0.1, 0.15) is 48.9 Å². The highest BCUT2D eigenvalue weighted by molar-refractivity contribution is 6.10. The number of nitrogens with zero attached hydrogens (tertiary/aromatic N) is 2. The van der Waals surface area contributed by atoms with Gasteiger partial charge in [-0.25, -0.2) is 0 Å². The summed E-state index contributed by atoms with van der Waals surface area (Å²) in [6.07, 6.45) is 1.26. The van der Waals surface area contributed by atoms with Crippen LogP contribution in [0.15, 0.2) is 60.7 Å². The van der Waals surface area contributed by atoms with E-state index in [9.17, 15) is 9.59 Å². The zero-order valence-electron chi connectivity index (χ0n) is 20.4. The highest BCUT2D eigenvalue weighted by Gasteiger charge is 2.54. The van der Waals surface area contributed by atoms with Crippen LogP contribution in [-0.4, -0.2) is 42.9 Å². The van der Waals surface area contributed by atoms with E-state index in [1.807, 2.05) is 65.3 Å². The number of benzene rings is 3. The predicted molar refractivity (Wildman–Crippen MR) is 135 cm³/mol. The smallest absolute Gasteiger partial charge is 0.293 e. The molecule has 36 heavy (non-hydrogen) atoms. The molecule has 0 saturated carbocycles. The van der Waals surface area contributed by atoms with E-state index in [-0.39, 0.29) is 29.8 Å². The number of hydrogen-bond acceptors (Lipinski definition) is 3. The minimum Gasteiger partial charge on any atom is -0.359 e. The maximum absolute atomic E-state index is 15.7. The highest BCUT2D eigenvalue weighted by atomic mass is 19.3. The van der Waals surface area contributed by atoms with E-state index in [0.717, 1.165) is 16.6 Å². The molecule has 1 N–H and O–H groups in total. The molecule has 1 fully saturated rings. The molecule has 5 nitrogen and oxygen atoms in total. The van der Waals surface area contributed by atoms with Gasteiger partial charge in [-0.3, -0.25) is 14.5 Å². The lowest BCUT2D eigenvalue weighted by atomic mass is 9.80. The zero-order chi connectivity index (χ0) is 25.2. The van der Waals surface area contributed by atoms with Crippen molar-refractivity contribution in [3.8, 4) is 0 Å². The number of fused-ring (bicyclic) bond motifs is 1. The zero-order valence-corrected chi connectivity index (χ0v) is 20.4. The van der Waals surface area contributed by atoms with Crippen molar-refractivity contribution in [1.29, 1.82) is 0 Å². The number of rotatable bonds is 4. The third kappa shape index (κ3) is 3.15. The molecule has 2 atom stereocenters. The van der Waals surface area contributed by atoms with Gasteiger partial charge in [0.15, 0.2) is 0 Å². The van der Waals surface area contributed by atoms with E-state index >= 15 is 8.78 Å². The molecule has 3 aliphatic rings. The summed E-state index contributed by atoms with van der Waals surface area (Å²) in [6.45, 7) is 2.76. The summed E-state index contributed by atoms with van der Waals surface area (Å²) in [5, 5.41) is 4.15. The first-order valence-electron chi connectivity index (χ1n) is 12.5. The Morgan fingerprint density at radius 1 is 1.00 bits per heavy atom. The van der Waals surface area contributed by atoms with Crippen molar-refractivity contribution < 1.29 is 18.4 Å². The van der Waals surface area contributed by atoms with Crippen LogP contribution in [0.2, 0.25) is 0 Å². The van der Waals surface area contributed by atoms with Gasteiger partial charge in [0.2, 0.25) is 11.8 Å². The molecule has 3 aromatic rings. The van der Waals surface area contributed by atoms with E-state index in [0.29, 0.717) is 36.9 Å². The highest BCUT2D eigenvalue weighted by Crippen LogP contribution is 2.55. The number of carbonyl (C=O) groups is 2. The van der Waals surface area contributed by atoms with E-state index in [4.69, 9.17) is 0 Å². The van der Waals surface area contributed by atoms with Gasteiger partial charge in [-0.2, -0.15) is 8.78 Å². The molecule has 0 spiro atoms. The number of carbonyl (C=O) groups excluding carboxylic acids is 2. The molecule has 1 saturated heterocycles. The topological polar surface area (TPSA) is 52.7 Å². The first-order valence-corrected chi connectivity index (χ1v) is 12.5. The molecule has 3 aromatic carbocycles. The van der Waals surface area contributed by atoms with Gasteiger partial charge in [-0.05, 0) is 47.7 Å². The van der Waals surface area contributed by atoms with Gasteiger partial charge in [-0.1, -0.05) is 54.6 Å². The van der Waals surface area contributed by atoms with E-state index in [1.54, 1.807) is 19.2 Å². The maximum Gasteiger partial charge on any atom is 0.293 e. The van der Waals surface area contributed by atoms with Gasteiger partial charge in [0.25, 0.3) is 5.92 Å². The van der Waals surface area contributed by atoms with Gasteiger partial charge in [0.05, 0.1) is 5.41 Å². The Morgan fingerprint density at radius 3 is 2.39 bits per heavy atom. The Kier molecular flexibility index (Phi) is 5.20. The van der Waals surface area contributed by atoms with E-state index in [2.05, 4.69) is 5.32 Å². The molecule has 0 bridgehead atoms. The van der Waals surface area contributed by atoms with Crippen LogP contribution in [-0.2, 0) is 20.9 Å². The lowest BCUT2D eigenvalue weighted by Crippen LogP contribution is -2.51. The molecule has 2 aliphatic heterocycles. The second-order valence-electron chi connectivity index (χ2n) is 10.4. The minimum absolute atomic E-state index is 0.0747. The Bertz CT molecular complexity index is 1380. The van der Waals surface area contributed by atoms with Crippen LogP contribution in [0.3, 0.4) is 0 Å². The van der Waals surface area contributed by atoms with Crippen LogP contribution in [0.4, 0.5) is 14.5 Å². The van der Waals surface area contributed by atoms with Crippen molar-refractivity contribution in [3.63, 3.8) is 0 Å². The van der Waals surface area contributed by atoms with Gasteiger partial charge < -0.3 is 10.2 Å². The summed E-state index contributed by atoms with van der Waals surface area (Å²) < 4.78 is 31.5. The number of amides is 2. The number of hydrogen-bond donors (Lipinski definition) is 1. The van der Waals surface area contributed by atoms with E-state index < -0.39 is 17.4 Å². The van der Waals surface area contributed by atoms with Crippen LogP contribution in [0.25, 0.3) is 10.8 Å². The average Bonchev–Trinajstić information content (AvgIpc) is 3.25. The Labute approximate surface area is 209 Å². The van der Waals surface area contributed by atoms with Crippen molar-refractivity contribution >= 4 is 28.3 Å². The number of alkyl halides is 2. The van der Waals surface area contributed by atoms with Crippen molar-refractivity contribution in [2.75, 3.05) is 25.0 Å². The monoisotopic (exact) mass is 489 g/mol. The molecule has 0 radical (unpaired) electrons. The van der Waals surface area contributed by atoms with Crippen molar-refractivity contribution in [2.45, 2.75) is 49.6 Å². The number of para-hydroxylation sites is 1. The average molecular weight is 490 g/mol.